The van der Waals surface area contributed by atoms with Gasteiger partial charge in [0.1, 0.15) is 0 Å². The van der Waals surface area contributed by atoms with Gasteiger partial charge in [0.25, 0.3) is 0 Å². The molecule has 4 heteroatoms. The second-order valence-electron chi connectivity index (χ2n) is 4.12. The number of hydrogen-bond donors (Lipinski definition) is 1. The SMILES string of the molecule is CCO/C=C/C(O)C(C#N)[C@@H]1CCCN1C. The molecule has 0 aliphatic carbocycles. The smallest absolute Gasteiger partial charge is 0.0926 e. The van der Waals surface area contributed by atoms with Crippen LogP contribution in [-0.4, -0.2) is 42.4 Å². The molecule has 1 aliphatic rings. The van der Waals surface area contributed by atoms with Gasteiger partial charge in [-0.2, -0.15) is 5.26 Å². The summed E-state index contributed by atoms with van der Waals surface area (Å²) in [6.45, 7) is 3.46. The zero-order valence-corrected chi connectivity index (χ0v) is 9.97. The first kappa shape index (κ1) is 13.0. The van der Waals surface area contributed by atoms with E-state index < -0.39 is 6.10 Å². The molecule has 1 saturated heterocycles. The van der Waals surface area contributed by atoms with E-state index in [1.807, 2.05) is 14.0 Å². The summed E-state index contributed by atoms with van der Waals surface area (Å²) in [5.74, 6) is -0.371. The highest BCUT2D eigenvalue weighted by atomic mass is 16.5. The third-order valence-corrected chi connectivity index (χ3v) is 3.05. The van der Waals surface area contributed by atoms with Gasteiger partial charge in [0.2, 0.25) is 0 Å². The first-order valence-corrected chi connectivity index (χ1v) is 5.77. The Morgan fingerprint density at radius 2 is 2.44 bits per heavy atom. The topological polar surface area (TPSA) is 56.5 Å². The van der Waals surface area contributed by atoms with Gasteiger partial charge >= 0.3 is 0 Å². The van der Waals surface area contributed by atoms with Crippen LogP contribution in [0.25, 0.3) is 0 Å². The fourth-order valence-corrected chi connectivity index (χ4v) is 2.13. The average molecular weight is 224 g/mol. The lowest BCUT2D eigenvalue weighted by Crippen LogP contribution is -2.37. The van der Waals surface area contributed by atoms with Crippen molar-refractivity contribution in [1.29, 1.82) is 5.26 Å². The molecule has 1 N–H and O–H groups in total. The molecule has 0 radical (unpaired) electrons. The summed E-state index contributed by atoms with van der Waals surface area (Å²) in [6.07, 6.45) is 4.37. The molecule has 0 saturated carbocycles. The van der Waals surface area contributed by atoms with Crippen LogP contribution in [0.4, 0.5) is 0 Å². The van der Waals surface area contributed by atoms with Gasteiger partial charge in [0.15, 0.2) is 0 Å². The number of aliphatic hydroxyl groups is 1. The molecule has 0 aromatic carbocycles. The monoisotopic (exact) mass is 224 g/mol. The van der Waals surface area contributed by atoms with Crippen molar-refractivity contribution in [3.8, 4) is 6.07 Å². The Morgan fingerprint density at radius 3 is 2.94 bits per heavy atom. The molecule has 4 nitrogen and oxygen atoms in total. The fourth-order valence-electron chi connectivity index (χ4n) is 2.13. The van der Waals surface area contributed by atoms with Gasteiger partial charge in [-0.15, -0.1) is 0 Å². The average Bonchev–Trinajstić information content (AvgIpc) is 2.67. The van der Waals surface area contributed by atoms with Gasteiger partial charge in [0, 0.05) is 6.04 Å². The van der Waals surface area contributed by atoms with E-state index in [-0.39, 0.29) is 12.0 Å². The predicted molar refractivity (Wildman–Crippen MR) is 61.5 cm³/mol. The van der Waals surface area contributed by atoms with Crippen LogP contribution < -0.4 is 0 Å². The van der Waals surface area contributed by atoms with Crippen LogP contribution in [-0.2, 0) is 4.74 Å². The second kappa shape index (κ2) is 6.51. The molecule has 0 aromatic heterocycles. The predicted octanol–water partition coefficient (Wildman–Crippen LogP) is 1.13. The highest BCUT2D eigenvalue weighted by Crippen LogP contribution is 2.24. The number of likely N-dealkylation sites (tertiary alicyclic amines) is 1. The molecule has 0 bridgehead atoms. The fraction of sp³-hybridized carbons (Fsp3) is 0.750. The summed E-state index contributed by atoms with van der Waals surface area (Å²) < 4.78 is 5.02. The minimum atomic E-state index is -0.748. The van der Waals surface area contributed by atoms with Crippen LogP contribution in [0, 0.1) is 17.2 Å². The molecule has 1 heterocycles. The van der Waals surface area contributed by atoms with Crippen LogP contribution in [0.3, 0.4) is 0 Å². The van der Waals surface area contributed by atoms with Crippen molar-refractivity contribution in [3.05, 3.63) is 12.3 Å². The second-order valence-corrected chi connectivity index (χ2v) is 4.12. The number of ether oxygens (including phenoxy) is 1. The standard InChI is InChI=1S/C12H20N2O2/c1-3-16-8-6-12(15)10(9-13)11-5-4-7-14(11)2/h6,8,10-12,15H,3-5,7H2,1-2H3/b8-6+/t10?,11-,12?/m0/s1. The van der Waals surface area contributed by atoms with E-state index in [9.17, 15) is 5.11 Å². The van der Waals surface area contributed by atoms with Gasteiger partial charge in [-0.3, -0.25) is 0 Å². The van der Waals surface area contributed by atoms with Crippen molar-refractivity contribution in [2.75, 3.05) is 20.2 Å². The van der Waals surface area contributed by atoms with Crippen LogP contribution in [0.5, 0.6) is 0 Å². The molecule has 16 heavy (non-hydrogen) atoms. The highest BCUT2D eigenvalue weighted by Gasteiger charge is 2.33. The van der Waals surface area contributed by atoms with Crippen LogP contribution in [0.15, 0.2) is 12.3 Å². The molecule has 1 rings (SSSR count). The Hall–Kier alpha value is -1.05. The number of aliphatic hydroxyl groups excluding tert-OH is 1. The van der Waals surface area contributed by atoms with E-state index in [1.165, 1.54) is 6.26 Å². The van der Waals surface area contributed by atoms with Crippen molar-refractivity contribution < 1.29 is 9.84 Å². The maximum absolute atomic E-state index is 9.90. The Labute approximate surface area is 97.1 Å². The number of rotatable bonds is 5. The lowest BCUT2D eigenvalue weighted by Gasteiger charge is -2.26. The molecule has 1 fully saturated rings. The lowest BCUT2D eigenvalue weighted by atomic mass is 9.93. The number of nitriles is 1. The van der Waals surface area contributed by atoms with Crippen molar-refractivity contribution in [2.24, 2.45) is 5.92 Å². The summed E-state index contributed by atoms with van der Waals surface area (Å²) >= 11 is 0. The lowest BCUT2D eigenvalue weighted by molar-refractivity contribution is 0.121. The Balaban J connectivity index is 2.56. The zero-order valence-electron chi connectivity index (χ0n) is 9.97. The minimum Gasteiger partial charge on any atom is -0.502 e. The summed E-state index contributed by atoms with van der Waals surface area (Å²) in [6, 6.07) is 2.36. The third kappa shape index (κ3) is 3.22. The molecule has 3 atom stereocenters. The number of nitrogens with zero attached hydrogens (tertiary/aromatic N) is 2. The molecule has 0 aromatic rings. The molecular formula is C12H20N2O2. The molecule has 2 unspecified atom stereocenters. The van der Waals surface area contributed by atoms with E-state index in [2.05, 4.69) is 11.0 Å². The van der Waals surface area contributed by atoms with E-state index >= 15 is 0 Å². The van der Waals surface area contributed by atoms with Crippen molar-refractivity contribution in [2.45, 2.75) is 31.9 Å². The first-order valence-electron chi connectivity index (χ1n) is 5.77. The Kier molecular flexibility index (Phi) is 5.30. The van der Waals surface area contributed by atoms with Crippen molar-refractivity contribution in [1.82, 2.24) is 4.90 Å². The van der Waals surface area contributed by atoms with E-state index in [0.717, 1.165) is 19.4 Å². The summed E-state index contributed by atoms with van der Waals surface area (Å²) in [5, 5.41) is 19.0. The van der Waals surface area contributed by atoms with Crippen molar-refractivity contribution in [3.63, 3.8) is 0 Å². The summed E-state index contributed by atoms with van der Waals surface area (Å²) in [5.41, 5.74) is 0. The molecule has 0 spiro atoms. The zero-order chi connectivity index (χ0) is 12.0. The van der Waals surface area contributed by atoms with E-state index in [1.54, 1.807) is 6.08 Å². The van der Waals surface area contributed by atoms with Gasteiger partial charge in [-0.1, -0.05) is 0 Å². The van der Waals surface area contributed by atoms with Gasteiger partial charge in [-0.05, 0) is 39.4 Å². The quantitative estimate of drug-likeness (QED) is 0.711. The van der Waals surface area contributed by atoms with E-state index in [0.29, 0.717) is 6.61 Å². The van der Waals surface area contributed by atoms with Gasteiger partial charge < -0.3 is 14.7 Å². The maximum atomic E-state index is 9.90. The Morgan fingerprint density at radius 1 is 1.69 bits per heavy atom. The molecular weight excluding hydrogens is 204 g/mol. The Bertz CT molecular complexity index is 273. The van der Waals surface area contributed by atoms with Gasteiger partial charge in [-0.25, -0.2) is 0 Å². The third-order valence-electron chi connectivity index (χ3n) is 3.05. The normalized spacial score (nSPS) is 25.5. The van der Waals surface area contributed by atoms with Crippen molar-refractivity contribution >= 4 is 0 Å². The first-order chi connectivity index (χ1) is 7.70. The highest BCUT2D eigenvalue weighted by molar-refractivity contribution is 5.04. The van der Waals surface area contributed by atoms with Crippen LogP contribution in [0.2, 0.25) is 0 Å². The van der Waals surface area contributed by atoms with Gasteiger partial charge in [0.05, 0.1) is 31.0 Å². The molecule has 90 valence electrons. The van der Waals surface area contributed by atoms with E-state index in [4.69, 9.17) is 10.00 Å². The molecule has 0 amide bonds. The largest absolute Gasteiger partial charge is 0.502 e. The van der Waals surface area contributed by atoms with Crippen LogP contribution >= 0.6 is 0 Å². The summed E-state index contributed by atoms with van der Waals surface area (Å²) in [7, 11) is 2.00. The molecule has 1 aliphatic heterocycles. The summed E-state index contributed by atoms with van der Waals surface area (Å²) in [4.78, 5) is 2.14. The van der Waals surface area contributed by atoms with Crippen LogP contribution in [0.1, 0.15) is 19.8 Å². The minimum absolute atomic E-state index is 0.159. The number of hydrogen-bond acceptors (Lipinski definition) is 4. The maximum Gasteiger partial charge on any atom is 0.0926 e.